The number of nitrogens with zero attached hydrogens (tertiary/aromatic N) is 5. The van der Waals surface area contributed by atoms with Crippen LogP contribution in [0.4, 0.5) is 28.8 Å². The van der Waals surface area contributed by atoms with Crippen LogP contribution in [0.15, 0.2) is 53.6 Å². The third-order valence-electron chi connectivity index (χ3n) is 6.03. The summed E-state index contributed by atoms with van der Waals surface area (Å²) in [7, 11) is 0. The summed E-state index contributed by atoms with van der Waals surface area (Å²) in [6, 6.07) is 11.9. The number of aliphatic hydroxyl groups is 1. The molecule has 0 amide bonds. The van der Waals surface area contributed by atoms with Gasteiger partial charge in [0.25, 0.3) is 5.56 Å². The van der Waals surface area contributed by atoms with Crippen LogP contribution in [-0.4, -0.2) is 63.9 Å². The van der Waals surface area contributed by atoms with Crippen molar-refractivity contribution in [2.45, 2.75) is 26.8 Å². The fourth-order valence-electron chi connectivity index (χ4n) is 4.02. The third kappa shape index (κ3) is 5.55. The van der Waals surface area contributed by atoms with E-state index in [2.05, 4.69) is 42.5 Å². The number of nitrogens with one attached hydrogen (secondary N) is 2. The Morgan fingerprint density at radius 3 is 2.47 bits per heavy atom. The molecule has 0 aliphatic carbocycles. The topological polar surface area (TPSA) is 98.6 Å². The van der Waals surface area contributed by atoms with Crippen LogP contribution in [0.1, 0.15) is 25.5 Å². The first-order chi connectivity index (χ1) is 16.4. The molecule has 1 fully saturated rings. The van der Waals surface area contributed by atoms with E-state index >= 15 is 0 Å². The van der Waals surface area contributed by atoms with Crippen LogP contribution >= 0.6 is 0 Å². The predicted molar refractivity (Wildman–Crippen MR) is 137 cm³/mol. The Labute approximate surface area is 200 Å². The Balaban J connectivity index is 1.44. The standard InChI is InChI=1S/C25H33N7O2/c1-18(2)32-10-4-5-22(24(32)34)28-23-19(3)17-26-25(29-23)27-20-6-8-21(9-7-20)31-13-11-30(12-14-31)15-16-33/h4-10,17-18,33H,11-16H2,1-3H3,(H2,26,27,28,29). The molecule has 1 aliphatic rings. The van der Waals surface area contributed by atoms with Gasteiger partial charge in [-0.1, -0.05) is 0 Å². The number of piperazine rings is 1. The molecular weight excluding hydrogens is 430 g/mol. The summed E-state index contributed by atoms with van der Waals surface area (Å²) in [6.45, 7) is 10.6. The number of anilines is 5. The molecule has 0 radical (unpaired) electrons. The molecule has 180 valence electrons. The zero-order valence-electron chi connectivity index (χ0n) is 20.0. The van der Waals surface area contributed by atoms with Crippen LogP contribution in [0.3, 0.4) is 0 Å². The number of aliphatic hydroxyl groups excluding tert-OH is 1. The van der Waals surface area contributed by atoms with Gasteiger partial charge in [-0.2, -0.15) is 4.98 Å². The number of pyridine rings is 1. The Bertz CT molecular complexity index is 1150. The third-order valence-corrected chi connectivity index (χ3v) is 6.03. The number of hydrogen-bond acceptors (Lipinski definition) is 8. The quantitative estimate of drug-likeness (QED) is 0.469. The number of β-amino-alcohol motifs (C(OH)–C–C–N with tert-alkyl or cyclic N) is 1. The summed E-state index contributed by atoms with van der Waals surface area (Å²) in [4.78, 5) is 26.4. The smallest absolute Gasteiger partial charge is 0.274 e. The van der Waals surface area contributed by atoms with Crippen molar-refractivity contribution in [1.82, 2.24) is 19.4 Å². The maximum absolute atomic E-state index is 12.7. The summed E-state index contributed by atoms with van der Waals surface area (Å²) in [5.74, 6) is 1.05. The summed E-state index contributed by atoms with van der Waals surface area (Å²) < 4.78 is 1.69. The van der Waals surface area contributed by atoms with Gasteiger partial charge in [0, 0.05) is 68.1 Å². The first-order valence-corrected chi connectivity index (χ1v) is 11.7. The van der Waals surface area contributed by atoms with Crippen LogP contribution in [0.2, 0.25) is 0 Å². The molecule has 0 atom stereocenters. The number of rotatable bonds is 8. The highest BCUT2D eigenvalue weighted by Gasteiger charge is 2.16. The first kappa shape index (κ1) is 23.7. The van der Waals surface area contributed by atoms with Crippen LogP contribution in [0.25, 0.3) is 0 Å². The highest BCUT2D eigenvalue weighted by molar-refractivity contribution is 5.63. The molecule has 1 saturated heterocycles. The molecule has 1 aromatic carbocycles. The van der Waals surface area contributed by atoms with Crippen molar-refractivity contribution >= 4 is 28.8 Å². The molecule has 0 spiro atoms. The lowest BCUT2D eigenvalue weighted by Crippen LogP contribution is -2.47. The van der Waals surface area contributed by atoms with Crippen molar-refractivity contribution in [2.75, 3.05) is 54.9 Å². The van der Waals surface area contributed by atoms with E-state index in [0.29, 0.717) is 17.5 Å². The summed E-state index contributed by atoms with van der Waals surface area (Å²) in [5, 5.41) is 15.5. The Morgan fingerprint density at radius 2 is 1.79 bits per heavy atom. The van der Waals surface area contributed by atoms with Crippen molar-refractivity contribution in [3.05, 3.63) is 64.7 Å². The van der Waals surface area contributed by atoms with Gasteiger partial charge in [-0.15, -0.1) is 0 Å². The van der Waals surface area contributed by atoms with Gasteiger partial charge in [0.1, 0.15) is 11.5 Å². The minimum atomic E-state index is -0.0854. The summed E-state index contributed by atoms with van der Waals surface area (Å²) in [5.41, 5.74) is 3.30. The van der Waals surface area contributed by atoms with Crippen molar-refractivity contribution in [1.29, 1.82) is 0 Å². The zero-order valence-corrected chi connectivity index (χ0v) is 20.0. The van der Waals surface area contributed by atoms with E-state index in [-0.39, 0.29) is 18.2 Å². The van der Waals surface area contributed by atoms with Gasteiger partial charge >= 0.3 is 0 Å². The molecular formula is C25H33N7O2. The Kier molecular flexibility index (Phi) is 7.44. The van der Waals surface area contributed by atoms with E-state index in [0.717, 1.165) is 44.0 Å². The van der Waals surface area contributed by atoms with Gasteiger partial charge in [0.2, 0.25) is 5.95 Å². The molecule has 34 heavy (non-hydrogen) atoms. The SMILES string of the molecule is Cc1cnc(Nc2ccc(N3CCN(CCO)CC3)cc2)nc1Nc1cccn(C(C)C)c1=O. The van der Waals surface area contributed by atoms with E-state index in [9.17, 15) is 4.79 Å². The number of aromatic nitrogens is 3. The molecule has 1 aliphatic heterocycles. The van der Waals surface area contributed by atoms with Gasteiger partial charge < -0.3 is 25.2 Å². The van der Waals surface area contributed by atoms with E-state index < -0.39 is 0 Å². The maximum atomic E-state index is 12.7. The van der Waals surface area contributed by atoms with Crippen LogP contribution in [0, 0.1) is 6.92 Å². The van der Waals surface area contributed by atoms with Gasteiger partial charge in [-0.3, -0.25) is 9.69 Å². The van der Waals surface area contributed by atoms with E-state index in [1.807, 2.05) is 39.0 Å². The molecule has 3 N–H and O–H groups in total. The predicted octanol–water partition coefficient (Wildman–Crippen LogP) is 3.13. The van der Waals surface area contributed by atoms with E-state index in [4.69, 9.17) is 5.11 Å². The lowest BCUT2D eigenvalue weighted by atomic mass is 10.2. The molecule has 0 saturated carbocycles. The molecule has 0 bridgehead atoms. The van der Waals surface area contributed by atoms with Crippen LogP contribution in [0.5, 0.6) is 0 Å². The van der Waals surface area contributed by atoms with Crippen molar-refractivity contribution in [2.24, 2.45) is 0 Å². The molecule has 3 heterocycles. The van der Waals surface area contributed by atoms with Gasteiger partial charge in [0.15, 0.2) is 0 Å². The molecule has 0 unspecified atom stereocenters. The van der Waals surface area contributed by atoms with E-state index in [1.165, 1.54) is 5.69 Å². The fraction of sp³-hybridized carbons (Fsp3) is 0.400. The molecule has 3 aromatic rings. The minimum Gasteiger partial charge on any atom is -0.395 e. The van der Waals surface area contributed by atoms with Gasteiger partial charge in [-0.05, 0) is 57.2 Å². The molecule has 4 rings (SSSR count). The normalized spacial score (nSPS) is 14.4. The number of benzene rings is 1. The summed E-state index contributed by atoms with van der Waals surface area (Å²) >= 11 is 0. The number of hydrogen-bond donors (Lipinski definition) is 3. The average Bonchev–Trinajstić information content (AvgIpc) is 2.83. The van der Waals surface area contributed by atoms with Crippen molar-refractivity contribution in [3.63, 3.8) is 0 Å². The highest BCUT2D eigenvalue weighted by atomic mass is 16.3. The van der Waals surface area contributed by atoms with Crippen molar-refractivity contribution < 1.29 is 5.11 Å². The molecule has 9 nitrogen and oxygen atoms in total. The molecule has 9 heteroatoms. The maximum Gasteiger partial charge on any atom is 0.274 e. The van der Waals surface area contributed by atoms with E-state index in [1.54, 1.807) is 23.0 Å². The highest BCUT2D eigenvalue weighted by Crippen LogP contribution is 2.23. The van der Waals surface area contributed by atoms with Gasteiger partial charge in [0.05, 0.1) is 6.61 Å². The van der Waals surface area contributed by atoms with Crippen LogP contribution in [-0.2, 0) is 0 Å². The second-order valence-electron chi connectivity index (χ2n) is 8.80. The fourth-order valence-corrected chi connectivity index (χ4v) is 4.02. The Morgan fingerprint density at radius 1 is 1.06 bits per heavy atom. The average molecular weight is 464 g/mol. The number of aryl methyl sites for hydroxylation is 1. The lowest BCUT2D eigenvalue weighted by Gasteiger charge is -2.35. The minimum absolute atomic E-state index is 0.0744. The van der Waals surface area contributed by atoms with Gasteiger partial charge in [-0.25, -0.2) is 4.98 Å². The second kappa shape index (κ2) is 10.7. The Hall–Kier alpha value is -3.43. The van der Waals surface area contributed by atoms with Crippen LogP contribution < -0.4 is 21.1 Å². The largest absolute Gasteiger partial charge is 0.395 e. The monoisotopic (exact) mass is 463 g/mol. The second-order valence-corrected chi connectivity index (χ2v) is 8.80. The van der Waals surface area contributed by atoms with Crippen molar-refractivity contribution in [3.8, 4) is 0 Å². The summed E-state index contributed by atoms with van der Waals surface area (Å²) in [6.07, 6.45) is 3.53. The first-order valence-electron chi connectivity index (χ1n) is 11.7. The lowest BCUT2D eigenvalue weighted by molar-refractivity contribution is 0.189. The zero-order chi connectivity index (χ0) is 24.1. The molecule has 2 aromatic heterocycles.